The van der Waals surface area contributed by atoms with Crippen LogP contribution in [0.2, 0.25) is 0 Å². The topological polar surface area (TPSA) is 45.0 Å². The number of halogens is 1. The van der Waals surface area contributed by atoms with E-state index >= 15 is 0 Å². The van der Waals surface area contributed by atoms with Gasteiger partial charge in [0.1, 0.15) is 5.82 Å². The monoisotopic (exact) mass is 236 g/mol. The van der Waals surface area contributed by atoms with Gasteiger partial charge in [-0.05, 0) is 36.7 Å². The molecule has 0 aliphatic rings. The van der Waals surface area contributed by atoms with Crippen molar-refractivity contribution in [3.63, 3.8) is 0 Å². The third-order valence-corrected chi connectivity index (χ3v) is 2.30. The predicted molar refractivity (Wildman–Crippen MR) is 63.9 cm³/mol. The maximum Gasteiger partial charge on any atom is 0.123 e. The Morgan fingerprint density at radius 1 is 1.41 bits per heavy atom. The molecule has 3 nitrogen and oxygen atoms in total. The maximum atomic E-state index is 13.0. The Morgan fingerprint density at radius 3 is 2.94 bits per heavy atom. The molecule has 0 bridgehead atoms. The summed E-state index contributed by atoms with van der Waals surface area (Å²) in [6, 6.07) is 6.13. The number of benzene rings is 1. The van der Waals surface area contributed by atoms with Gasteiger partial charge < -0.3 is 10.1 Å². The Balaban J connectivity index is 2.36. The number of nitriles is 1. The van der Waals surface area contributed by atoms with E-state index < -0.39 is 0 Å². The Hall–Kier alpha value is -1.44. The van der Waals surface area contributed by atoms with E-state index in [2.05, 4.69) is 12.2 Å². The second-order valence-corrected chi connectivity index (χ2v) is 3.72. The highest BCUT2D eigenvalue weighted by Crippen LogP contribution is 2.11. The summed E-state index contributed by atoms with van der Waals surface area (Å²) >= 11 is 0. The molecule has 0 aliphatic carbocycles. The van der Waals surface area contributed by atoms with Gasteiger partial charge in [0.15, 0.2) is 0 Å². The highest BCUT2D eigenvalue weighted by Gasteiger charge is 2.03. The Labute approximate surface area is 101 Å². The minimum Gasteiger partial charge on any atom is -0.375 e. The summed E-state index contributed by atoms with van der Waals surface area (Å²) in [7, 11) is 0. The van der Waals surface area contributed by atoms with Gasteiger partial charge in [0, 0.05) is 6.54 Å². The van der Waals surface area contributed by atoms with Crippen molar-refractivity contribution in [2.24, 2.45) is 0 Å². The molecule has 0 radical (unpaired) electrons. The molecule has 0 aromatic heterocycles. The molecule has 0 aliphatic heterocycles. The van der Waals surface area contributed by atoms with Gasteiger partial charge in [-0.3, -0.25) is 0 Å². The zero-order chi connectivity index (χ0) is 12.5. The summed E-state index contributed by atoms with van der Waals surface area (Å²) in [5.74, 6) is -0.341. The van der Waals surface area contributed by atoms with E-state index in [0.717, 1.165) is 19.5 Å². The second-order valence-electron chi connectivity index (χ2n) is 3.72. The maximum absolute atomic E-state index is 13.0. The van der Waals surface area contributed by atoms with Crippen molar-refractivity contribution in [1.82, 2.24) is 5.32 Å². The van der Waals surface area contributed by atoms with Crippen molar-refractivity contribution in [3.05, 3.63) is 35.1 Å². The molecule has 1 N–H and O–H groups in total. The van der Waals surface area contributed by atoms with E-state index in [4.69, 9.17) is 10.00 Å². The number of hydrogen-bond acceptors (Lipinski definition) is 3. The number of rotatable bonds is 7. The van der Waals surface area contributed by atoms with E-state index in [9.17, 15) is 4.39 Å². The van der Waals surface area contributed by atoms with E-state index in [-0.39, 0.29) is 12.4 Å². The fourth-order valence-corrected chi connectivity index (χ4v) is 1.42. The molecule has 0 saturated carbocycles. The molecular formula is C13H17FN2O. The lowest BCUT2D eigenvalue weighted by molar-refractivity contribution is 0.122. The molecule has 0 heterocycles. The van der Waals surface area contributed by atoms with Crippen LogP contribution in [-0.2, 0) is 11.3 Å². The first-order valence-corrected chi connectivity index (χ1v) is 5.75. The molecule has 0 saturated heterocycles. The molecule has 0 amide bonds. The van der Waals surface area contributed by atoms with Crippen LogP contribution in [0.5, 0.6) is 0 Å². The van der Waals surface area contributed by atoms with Crippen molar-refractivity contribution < 1.29 is 9.13 Å². The smallest absolute Gasteiger partial charge is 0.123 e. The van der Waals surface area contributed by atoms with Crippen molar-refractivity contribution in [1.29, 1.82) is 5.26 Å². The van der Waals surface area contributed by atoms with Crippen LogP contribution < -0.4 is 5.32 Å². The molecule has 1 aromatic rings. The predicted octanol–water partition coefficient (Wildman–Crippen LogP) is 2.21. The van der Waals surface area contributed by atoms with Crippen LogP contribution in [0.1, 0.15) is 24.5 Å². The van der Waals surface area contributed by atoms with Gasteiger partial charge in [0.05, 0.1) is 24.8 Å². The van der Waals surface area contributed by atoms with Crippen LogP contribution in [0.3, 0.4) is 0 Å². The molecule has 0 fully saturated rings. The van der Waals surface area contributed by atoms with Gasteiger partial charge >= 0.3 is 0 Å². The minimum absolute atomic E-state index is 0.272. The number of hydrogen-bond donors (Lipinski definition) is 1. The summed E-state index contributed by atoms with van der Waals surface area (Å²) < 4.78 is 18.4. The van der Waals surface area contributed by atoms with Gasteiger partial charge in [-0.1, -0.05) is 6.92 Å². The summed E-state index contributed by atoms with van der Waals surface area (Å²) in [5, 5.41) is 12.0. The van der Waals surface area contributed by atoms with Gasteiger partial charge in [0.25, 0.3) is 0 Å². The molecule has 0 atom stereocenters. The molecule has 1 aromatic carbocycles. The summed E-state index contributed by atoms with van der Waals surface area (Å²) in [5.41, 5.74) is 1.07. The number of nitrogens with zero attached hydrogens (tertiary/aromatic N) is 1. The first-order valence-electron chi connectivity index (χ1n) is 5.75. The van der Waals surface area contributed by atoms with Crippen molar-refractivity contribution in [2.45, 2.75) is 20.0 Å². The van der Waals surface area contributed by atoms with Gasteiger partial charge in [0.2, 0.25) is 0 Å². The van der Waals surface area contributed by atoms with Crippen molar-refractivity contribution in [3.8, 4) is 6.07 Å². The van der Waals surface area contributed by atoms with Gasteiger partial charge in [-0.2, -0.15) is 5.26 Å². The first kappa shape index (κ1) is 13.6. The van der Waals surface area contributed by atoms with Crippen LogP contribution in [0, 0.1) is 17.1 Å². The highest BCUT2D eigenvalue weighted by atomic mass is 19.1. The summed E-state index contributed by atoms with van der Waals surface area (Å²) in [4.78, 5) is 0. The summed E-state index contributed by atoms with van der Waals surface area (Å²) in [6.45, 7) is 4.66. The zero-order valence-corrected chi connectivity index (χ0v) is 10.0. The highest BCUT2D eigenvalue weighted by molar-refractivity contribution is 5.37. The molecule has 1 rings (SSSR count). The minimum atomic E-state index is -0.341. The van der Waals surface area contributed by atoms with E-state index in [1.165, 1.54) is 18.2 Å². The first-order chi connectivity index (χ1) is 8.27. The molecule has 92 valence electrons. The fourth-order valence-electron chi connectivity index (χ4n) is 1.42. The van der Waals surface area contributed by atoms with Gasteiger partial charge in [-0.15, -0.1) is 0 Å². The standard InChI is InChI=1S/C13H17FN2O/c1-2-5-16-6-7-17-10-12-8-13(14)4-3-11(12)9-15/h3-4,8,16H,2,5-7,10H2,1H3. The third-order valence-electron chi connectivity index (χ3n) is 2.30. The molecular weight excluding hydrogens is 219 g/mol. The van der Waals surface area contributed by atoms with Crippen LogP contribution >= 0.6 is 0 Å². The normalized spacial score (nSPS) is 10.2. The van der Waals surface area contributed by atoms with E-state index in [1.807, 2.05) is 6.07 Å². The Kier molecular flexibility index (Phi) is 6.23. The molecule has 4 heteroatoms. The lowest BCUT2D eigenvalue weighted by Gasteiger charge is -2.07. The molecule has 0 spiro atoms. The average molecular weight is 236 g/mol. The second kappa shape index (κ2) is 7.77. The van der Waals surface area contributed by atoms with Crippen molar-refractivity contribution in [2.75, 3.05) is 19.7 Å². The lowest BCUT2D eigenvalue weighted by atomic mass is 10.1. The SMILES string of the molecule is CCCNCCOCc1cc(F)ccc1C#N. The quantitative estimate of drug-likeness (QED) is 0.738. The van der Waals surface area contributed by atoms with Crippen LogP contribution in [0.15, 0.2) is 18.2 Å². The van der Waals surface area contributed by atoms with E-state index in [1.54, 1.807) is 0 Å². The lowest BCUT2D eigenvalue weighted by Crippen LogP contribution is -2.20. The molecule has 0 unspecified atom stereocenters. The average Bonchev–Trinajstić information content (AvgIpc) is 2.34. The number of ether oxygens (including phenoxy) is 1. The third kappa shape index (κ3) is 4.94. The number of nitrogens with one attached hydrogen (secondary N) is 1. The van der Waals surface area contributed by atoms with Crippen LogP contribution in [0.4, 0.5) is 4.39 Å². The van der Waals surface area contributed by atoms with Crippen molar-refractivity contribution >= 4 is 0 Å². The van der Waals surface area contributed by atoms with Gasteiger partial charge in [-0.25, -0.2) is 4.39 Å². The van der Waals surface area contributed by atoms with Crippen LogP contribution in [0.25, 0.3) is 0 Å². The van der Waals surface area contributed by atoms with E-state index in [0.29, 0.717) is 17.7 Å². The zero-order valence-electron chi connectivity index (χ0n) is 10.0. The molecule has 17 heavy (non-hydrogen) atoms. The Morgan fingerprint density at radius 2 is 2.24 bits per heavy atom. The largest absolute Gasteiger partial charge is 0.375 e. The van der Waals surface area contributed by atoms with Crippen LogP contribution in [-0.4, -0.2) is 19.7 Å². The fraction of sp³-hybridized carbons (Fsp3) is 0.462. The summed E-state index contributed by atoms with van der Waals surface area (Å²) in [6.07, 6.45) is 1.09. The Bertz CT molecular complexity index is 387.